The number of nitrogens with zero attached hydrogens (tertiary/aromatic N) is 2. The first-order valence-electron chi connectivity index (χ1n) is 6.41. The number of nitro groups is 1. The smallest absolute Gasteiger partial charge is 0.278 e. The van der Waals surface area contributed by atoms with Gasteiger partial charge in [-0.3, -0.25) is 10.1 Å². The van der Waals surface area contributed by atoms with E-state index in [1.807, 2.05) is 0 Å². The topological polar surface area (TPSA) is 118 Å². The molecule has 2 aromatic rings. The van der Waals surface area contributed by atoms with Crippen LogP contribution in [0.15, 0.2) is 30.5 Å². The molecular weight excluding hydrogens is 280 g/mol. The first kappa shape index (κ1) is 14.0. The molecule has 0 unspecified atom stereocenters. The average Bonchev–Trinajstić information content (AvgIpc) is 3.01. The first-order chi connectivity index (χ1) is 10.0. The van der Waals surface area contributed by atoms with E-state index in [1.165, 1.54) is 16.7 Å². The predicted octanol–water partition coefficient (Wildman–Crippen LogP) is 0.161. The number of benzene rings is 1. The van der Waals surface area contributed by atoms with Crippen molar-refractivity contribution in [2.75, 3.05) is 6.61 Å². The lowest BCUT2D eigenvalue weighted by Gasteiger charge is -2.17. The maximum atomic E-state index is 11.0. The SMILES string of the molecule is O=[N+]([O-])c1cccc2c1ccn2[C@@H]1O[C@H](CO)[C@@H](O)[C@H]1O. The molecule has 0 radical (unpaired) electrons. The van der Waals surface area contributed by atoms with E-state index in [4.69, 9.17) is 9.84 Å². The van der Waals surface area contributed by atoms with E-state index >= 15 is 0 Å². The number of aliphatic hydroxyl groups is 3. The molecule has 1 aliphatic rings. The number of hydrogen-bond donors (Lipinski definition) is 3. The van der Waals surface area contributed by atoms with Gasteiger partial charge in [0.25, 0.3) is 5.69 Å². The summed E-state index contributed by atoms with van der Waals surface area (Å²) in [7, 11) is 0. The molecular formula is C13H14N2O6. The van der Waals surface area contributed by atoms with Crippen molar-refractivity contribution in [3.63, 3.8) is 0 Å². The van der Waals surface area contributed by atoms with Crippen molar-refractivity contribution in [3.05, 3.63) is 40.6 Å². The minimum atomic E-state index is -1.22. The molecule has 0 amide bonds. The summed E-state index contributed by atoms with van der Waals surface area (Å²) in [6.07, 6.45) is -2.68. The fraction of sp³-hybridized carbons (Fsp3) is 0.385. The van der Waals surface area contributed by atoms with Gasteiger partial charge in [-0.05, 0) is 12.1 Å². The molecule has 8 heteroatoms. The third-order valence-electron chi connectivity index (χ3n) is 3.73. The van der Waals surface area contributed by atoms with Gasteiger partial charge in [-0.2, -0.15) is 0 Å². The molecule has 2 heterocycles. The molecule has 0 aliphatic carbocycles. The van der Waals surface area contributed by atoms with Crippen molar-refractivity contribution >= 4 is 16.6 Å². The molecule has 0 saturated carbocycles. The van der Waals surface area contributed by atoms with E-state index in [0.717, 1.165) is 0 Å². The summed E-state index contributed by atoms with van der Waals surface area (Å²) in [6.45, 7) is -0.423. The van der Waals surface area contributed by atoms with E-state index in [1.54, 1.807) is 18.3 Å². The lowest BCUT2D eigenvalue weighted by molar-refractivity contribution is -0.383. The summed E-state index contributed by atoms with van der Waals surface area (Å²) in [4.78, 5) is 10.5. The normalized spacial score (nSPS) is 29.1. The quantitative estimate of drug-likeness (QED) is 0.548. The highest BCUT2D eigenvalue weighted by molar-refractivity contribution is 5.89. The molecule has 21 heavy (non-hydrogen) atoms. The Labute approximate surface area is 119 Å². The molecule has 1 saturated heterocycles. The Morgan fingerprint density at radius 3 is 2.67 bits per heavy atom. The van der Waals surface area contributed by atoms with Crippen LogP contribution in [-0.4, -0.2) is 49.7 Å². The van der Waals surface area contributed by atoms with Gasteiger partial charge < -0.3 is 24.6 Å². The fourth-order valence-corrected chi connectivity index (χ4v) is 2.66. The minimum Gasteiger partial charge on any atom is -0.394 e. The van der Waals surface area contributed by atoms with E-state index in [9.17, 15) is 20.3 Å². The van der Waals surface area contributed by atoms with Crippen LogP contribution in [-0.2, 0) is 4.74 Å². The Hall–Kier alpha value is -2.00. The second kappa shape index (κ2) is 5.08. The van der Waals surface area contributed by atoms with Crippen LogP contribution < -0.4 is 0 Å². The lowest BCUT2D eigenvalue weighted by Crippen LogP contribution is -2.33. The summed E-state index contributed by atoms with van der Waals surface area (Å²) in [5, 5.41) is 40.3. The van der Waals surface area contributed by atoms with Gasteiger partial charge in [0.15, 0.2) is 6.23 Å². The van der Waals surface area contributed by atoms with Gasteiger partial charge in [-0.1, -0.05) is 6.07 Å². The van der Waals surface area contributed by atoms with Crippen LogP contribution in [0.2, 0.25) is 0 Å². The number of aliphatic hydroxyl groups excluding tert-OH is 3. The highest BCUT2D eigenvalue weighted by Crippen LogP contribution is 2.34. The van der Waals surface area contributed by atoms with Crippen LogP contribution in [0.4, 0.5) is 5.69 Å². The van der Waals surface area contributed by atoms with Crippen molar-refractivity contribution in [1.29, 1.82) is 0 Å². The predicted molar refractivity (Wildman–Crippen MR) is 71.6 cm³/mol. The second-order valence-corrected chi connectivity index (χ2v) is 4.92. The van der Waals surface area contributed by atoms with Crippen molar-refractivity contribution < 1.29 is 25.0 Å². The molecule has 3 N–H and O–H groups in total. The van der Waals surface area contributed by atoms with Gasteiger partial charge in [0.1, 0.15) is 18.3 Å². The lowest BCUT2D eigenvalue weighted by atomic mass is 10.1. The zero-order valence-corrected chi connectivity index (χ0v) is 10.9. The number of hydrogen-bond acceptors (Lipinski definition) is 6. The molecule has 1 aliphatic heterocycles. The number of rotatable bonds is 3. The van der Waals surface area contributed by atoms with E-state index < -0.39 is 36.1 Å². The Kier molecular flexibility index (Phi) is 3.38. The van der Waals surface area contributed by atoms with Gasteiger partial charge in [-0.25, -0.2) is 0 Å². The molecule has 3 rings (SSSR count). The maximum Gasteiger partial charge on any atom is 0.278 e. The highest BCUT2D eigenvalue weighted by Gasteiger charge is 2.43. The van der Waals surface area contributed by atoms with Gasteiger partial charge in [0.05, 0.1) is 22.4 Å². The molecule has 4 atom stereocenters. The third-order valence-corrected chi connectivity index (χ3v) is 3.73. The minimum absolute atomic E-state index is 0.0435. The standard InChI is InChI=1S/C13H14N2O6/c16-6-10-11(17)12(18)13(21-10)14-5-4-7-8(14)2-1-3-9(7)15(19)20/h1-5,10-13,16-18H,6H2/t10-,11-,12-,13-/m1/s1. The molecule has 1 aromatic heterocycles. The van der Waals surface area contributed by atoms with Crippen molar-refractivity contribution in [1.82, 2.24) is 4.57 Å². The zero-order chi connectivity index (χ0) is 15.1. The molecule has 8 nitrogen and oxygen atoms in total. The Morgan fingerprint density at radius 1 is 1.29 bits per heavy atom. The van der Waals surface area contributed by atoms with Crippen LogP contribution in [0.25, 0.3) is 10.9 Å². The van der Waals surface area contributed by atoms with Gasteiger partial charge in [0.2, 0.25) is 0 Å². The molecule has 1 aromatic carbocycles. The highest BCUT2D eigenvalue weighted by atomic mass is 16.6. The maximum absolute atomic E-state index is 11.0. The van der Waals surface area contributed by atoms with E-state index in [2.05, 4.69) is 0 Å². The molecule has 112 valence electrons. The Balaban J connectivity index is 2.06. The summed E-state index contributed by atoms with van der Waals surface area (Å²) in [5.41, 5.74) is 0.469. The number of fused-ring (bicyclic) bond motifs is 1. The van der Waals surface area contributed by atoms with Gasteiger partial charge in [0, 0.05) is 12.3 Å². The molecule has 0 spiro atoms. The second-order valence-electron chi connectivity index (χ2n) is 4.92. The van der Waals surface area contributed by atoms with Crippen LogP contribution in [0.3, 0.4) is 0 Å². The fourth-order valence-electron chi connectivity index (χ4n) is 2.66. The Morgan fingerprint density at radius 2 is 2.05 bits per heavy atom. The monoisotopic (exact) mass is 294 g/mol. The molecule has 0 bridgehead atoms. The number of ether oxygens (including phenoxy) is 1. The summed E-state index contributed by atoms with van der Waals surface area (Å²) in [5.74, 6) is 0. The van der Waals surface area contributed by atoms with Crippen LogP contribution >= 0.6 is 0 Å². The number of aromatic nitrogens is 1. The largest absolute Gasteiger partial charge is 0.394 e. The summed E-state index contributed by atoms with van der Waals surface area (Å²) in [6, 6.07) is 6.15. The van der Waals surface area contributed by atoms with Crippen LogP contribution in [0.1, 0.15) is 6.23 Å². The first-order valence-corrected chi connectivity index (χ1v) is 6.41. The Bertz CT molecular complexity index is 684. The van der Waals surface area contributed by atoms with Gasteiger partial charge in [-0.15, -0.1) is 0 Å². The van der Waals surface area contributed by atoms with E-state index in [0.29, 0.717) is 10.9 Å². The van der Waals surface area contributed by atoms with Crippen molar-refractivity contribution in [2.45, 2.75) is 24.5 Å². The van der Waals surface area contributed by atoms with Crippen molar-refractivity contribution in [2.24, 2.45) is 0 Å². The average molecular weight is 294 g/mol. The van der Waals surface area contributed by atoms with Gasteiger partial charge >= 0.3 is 0 Å². The zero-order valence-electron chi connectivity index (χ0n) is 10.9. The molecule has 1 fully saturated rings. The third kappa shape index (κ3) is 2.09. The van der Waals surface area contributed by atoms with Crippen LogP contribution in [0, 0.1) is 10.1 Å². The number of nitro benzene ring substituents is 1. The van der Waals surface area contributed by atoms with E-state index in [-0.39, 0.29) is 5.69 Å². The van der Waals surface area contributed by atoms with Crippen molar-refractivity contribution in [3.8, 4) is 0 Å². The summed E-state index contributed by atoms with van der Waals surface area (Å²) >= 11 is 0. The van der Waals surface area contributed by atoms with Crippen LogP contribution in [0.5, 0.6) is 0 Å². The number of non-ortho nitro benzene ring substituents is 1. The summed E-state index contributed by atoms with van der Waals surface area (Å²) < 4.78 is 6.95.